The van der Waals surface area contributed by atoms with Crippen LogP contribution in [0.5, 0.6) is 0 Å². The van der Waals surface area contributed by atoms with E-state index in [9.17, 15) is 14.7 Å². The summed E-state index contributed by atoms with van der Waals surface area (Å²) in [7, 11) is 0. The van der Waals surface area contributed by atoms with Gasteiger partial charge in [-0.3, -0.25) is 9.59 Å². The van der Waals surface area contributed by atoms with Gasteiger partial charge in [0.25, 0.3) is 0 Å². The number of esters is 1. The molecule has 0 aromatic rings. The second-order valence-corrected chi connectivity index (χ2v) is 6.34. The zero-order valence-electron chi connectivity index (χ0n) is 14.1. The van der Waals surface area contributed by atoms with Gasteiger partial charge in [-0.25, -0.2) is 0 Å². The molecule has 0 amide bonds. The highest BCUT2D eigenvalue weighted by molar-refractivity contribution is 5.87. The van der Waals surface area contributed by atoms with Gasteiger partial charge >= 0.3 is 5.97 Å². The molecule has 0 radical (unpaired) electrons. The van der Waals surface area contributed by atoms with Crippen molar-refractivity contribution < 1.29 is 19.4 Å². The highest BCUT2D eigenvalue weighted by Crippen LogP contribution is 2.30. The third-order valence-electron chi connectivity index (χ3n) is 4.18. The van der Waals surface area contributed by atoms with Crippen molar-refractivity contribution in [3.05, 3.63) is 22.8 Å². The molecule has 1 N–H and O–H groups in total. The summed E-state index contributed by atoms with van der Waals surface area (Å²) in [5, 5.41) is 9.18. The molecule has 4 nitrogen and oxygen atoms in total. The Morgan fingerprint density at radius 1 is 1.41 bits per heavy atom. The summed E-state index contributed by atoms with van der Waals surface area (Å²) < 4.78 is 5.02. The number of hydrogen-bond donors (Lipinski definition) is 1. The molecule has 0 saturated carbocycles. The lowest BCUT2D eigenvalue weighted by Crippen LogP contribution is -2.48. The maximum atomic E-state index is 11.3. The minimum atomic E-state index is -0.604. The van der Waals surface area contributed by atoms with E-state index in [2.05, 4.69) is 20.8 Å². The minimum absolute atomic E-state index is 0.287. The maximum absolute atomic E-state index is 11.3. The lowest BCUT2D eigenvalue weighted by molar-refractivity contribution is -0.182. The maximum Gasteiger partial charge on any atom is 0.316 e. The molecule has 1 aliphatic rings. The van der Waals surface area contributed by atoms with Crippen LogP contribution in [0.15, 0.2) is 22.8 Å². The lowest BCUT2D eigenvalue weighted by Gasteiger charge is -2.34. The number of carbonyl (C=O) groups excluding carboxylic acids is 2. The Balaban J connectivity index is 2.77. The molecule has 3 atom stereocenters. The molecular weight excluding hydrogens is 280 g/mol. The Kier molecular flexibility index (Phi) is 7.52. The Labute approximate surface area is 133 Å². The predicted molar refractivity (Wildman–Crippen MR) is 86.3 cm³/mol. The van der Waals surface area contributed by atoms with Crippen LogP contribution in [0.25, 0.3) is 0 Å². The first-order valence-corrected chi connectivity index (χ1v) is 8.09. The topological polar surface area (TPSA) is 63.6 Å². The van der Waals surface area contributed by atoms with Gasteiger partial charge in [-0.15, -0.1) is 0 Å². The fraction of sp³-hybridized carbons (Fsp3) is 0.667. The Bertz CT molecular complexity index is 462. The first kappa shape index (κ1) is 18.6. The molecule has 0 aromatic heterocycles. The van der Waals surface area contributed by atoms with Crippen molar-refractivity contribution in [1.29, 1.82) is 0 Å². The number of cyclic esters (lactones) is 1. The van der Waals surface area contributed by atoms with Crippen LogP contribution in [0.2, 0.25) is 0 Å². The van der Waals surface area contributed by atoms with E-state index in [-0.39, 0.29) is 6.61 Å². The zero-order chi connectivity index (χ0) is 16.7. The average Bonchev–Trinajstić information content (AvgIpc) is 2.45. The van der Waals surface area contributed by atoms with Crippen LogP contribution in [0, 0.1) is 11.8 Å². The quantitative estimate of drug-likeness (QED) is 0.307. The highest BCUT2D eigenvalue weighted by atomic mass is 16.6. The lowest BCUT2D eigenvalue weighted by atomic mass is 9.88. The number of allylic oxidation sites excluding steroid dienone is 3. The summed E-state index contributed by atoms with van der Waals surface area (Å²) in [6.07, 6.45) is 6.77. The monoisotopic (exact) mass is 308 g/mol. The van der Waals surface area contributed by atoms with Gasteiger partial charge in [-0.1, -0.05) is 44.8 Å². The molecule has 1 saturated heterocycles. The van der Waals surface area contributed by atoms with Crippen LogP contribution >= 0.6 is 0 Å². The standard InChI is InChI=1S/C18H28O4/c1-5-6-7-12(2)8-13(3)9-14(4)15(10-19)17-16(11-20)18(21)22-17/h9-10,12,16-17,20H,5-8,11H2,1-4H3/t12?,16-,17+/m1/s1. The number of ether oxygens (including phenoxy) is 1. The van der Waals surface area contributed by atoms with Gasteiger partial charge in [0.15, 0.2) is 0 Å². The molecule has 1 aliphatic heterocycles. The van der Waals surface area contributed by atoms with Crippen molar-refractivity contribution in [3.63, 3.8) is 0 Å². The highest BCUT2D eigenvalue weighted by Gasteiger charge is 2.44. The number of aldehydes is 1. The van der Waals surface area contributed by atoms with Crippen molar-refractivity contribution in [2.24, 2.45) is 11.8 Å². The van der Waals surface area contributed by atoms with Crippen LogP contribution in [0.3, 0.4) is 0 Å². The summed E-state index contributed by atoms with van der Waals surface area (Å²) >= 11 is 0. The van der Waals surface area contributed by atoms with Crippen molar-refractivity contribution in [2.45, 2.75) is 59.5 Å². The van der Waals surface area contributed by atoms with Gasteiger partial charge in [0.2, 0.25) is 0 Å². The largest absolute Gasteiger partial charge is 0.456 e. The number of carbonyl (C=O) groups is 2. The van der Waals surface area contributed by atoms with Crippen molar-refractivity contribution in [1.82, 2.24) is 0 Å². The smallest absolute Gasteiger partial charge is 0.316 e. The van der Waals surface area contributed by atoms with Gasteiger partial charge in [-0.05, 0) is 31.8 Å². The first-order valence-electron chi connectivity index (χ1n) is 8.09. The molecule has 0 aliphatic carbocycles. The molecule has 1 fully saturated rings. The molecule has 4 heteroatoms. The SMILES string of the molecule is CCCCC(C)CC(C)=CC(C)=C(C=O)[C@@H]1OC(=O)[C@@H]1CO. The van der Waals surface area contributed by atoms with Gasteiger partial charge in [0, 0.05) is 5.57 Å². The van der Waals surface area contributed by atoms with E-state index < -0.39 is 18.0 Å². The molecule has 1 heterocycles. The van der Waals surface area contributed by atoms with Crippen LogP contribution < -0.4 is 0 Å². The summed E-state index contributed by atoms with van der Waals surface area (Å²) in [6, 6.07) is 0. The number of aliphatic hydroxyl groups is 1. The van der Waals surface area contributed by atoms with Gasteiger partial charge in [-0.2, -0.15) is 0 Å². The average molecular weight is 308 g/mol. The van der Waals surface area contributed by atoms with Crippen LogP contribution in [-0.2, 0) is 14.3 Å². The second kappa shape index (κ2) is 8.89. The molecule has 0 spiro atoms. The fourth-order valence-electron chi connectivity index (χ4n) is 2.90. The number of hydrogen-bond acceptors (Lipinski definition) is 4. The zero-order valence-corrected chi connectivity index (χ0v) is 14.1. The molecule has 0 bridgehead atoms. The Morgan fingerprint density at radius 3 is 2.59 bits per heavy atom. The van der Waals surface area contributed by atoms with Crippen LogP contribution in [-0.4, -0.2) is 30.1 Å². The normalized spacial score (nSPS) is 24.2. The number of aliphatic hydroxyl groups excluding tert-OH is 1. The van der Waals surface area contributed by atoms with Crippen molar-refractivity contribution in [3.8, 4) is 0 Å². The number of rotatable bonds is 9. The van der Waals surface area contributed by atoms with Gasteiger partial charge in [0.1, 0.15) is 18.3 Å². The summed E-state index contributed by atoms with van der Waals surface area (Å²) in [4.78, 5) is 22.6. The predicted octanol–water partition coefficient (Wildman–Crippen LogP) is 3.20. The molecule has 124 valence electrons. The van der Waals surface area contributed by atoms with E-state index in [1.54, 1.807) is 0 Å². The molecule has 1 rings (SSSR count). The third-order valence-corrected chi connectivity index (χ3v) is 4.18. The van der Waals surface area contributed by atoms with E-state index in [1.165, 1.54) is 24.8 Å². The summed E-state index contributed by atoms with van der Waals surface area (Å²) in [5.74, 6) is -0.420. The van der Waals surface area contributed by atoms with E-state index in [0.717, 1.165) is 18.3 Å². The van der Waals surface area contributed by atoms with Crippen molar-refractivity contribution >= 4 is 12.3 Å². The van der Waals surface area contributed by atoms with E-state index in [4.69, 9.17) is 4.74 Å². The Morgan fingerprint density at radius 2 is 2.09 bits per heavy atom. The summed E-state index contributed by atoms with van der Waals surface area (Å²) in [5.41, 5.74) is 2.48. The fourth-order valence-corrected chi connectivity index (χ4v) is 2.90. The molecule has 22 heavy (non-hydrogen) atoms. The van der Waals surface area contributed by atoms with Gasteiger partial charge in [0.05, 0.1) is 6.61 Å². The van der Waals surface area contributed by atoms with Gasteiger partial charge < -0.3 is 9.84 Å². The third kappa shape index (κ3) is 4.80. The molecule has 0 aromatic carbocycles. The second-order valence-electron chi connectivity index (χ2n) is 6.34. The first-order chi connectivity index (χ1) is 10.4. The van der Waals surface area contributed by atoms with E-state index in [1.807, 2.05) is 13.0 Å². The van der Waals surface area contributed by atoms with E-state index in [0.29, 0.717) is 11.5 Å². The van der Waals surface area contributed by atoms with Crippen LogP contribution in [0.4, 0.5) is 0 Å². The molecular formula is C18H28O4. The van der Waals surface area contributed by atoms with Crippen molar-refractivity contribution in [2.75, 3.05) is 6.61 Å². The number of unbranched alkanes of at least 4 members (excludes halogenated alkanes) is 1. The summed E-state index contributed by atoms with van der Waals surface area (Å²) in [6.45, 7) is 8.05. The van der Waals surface area contributed by atoms with Crippen LogP contribution in [0.1, 0.15) is 53.4 Å². The molecule has 1 unspecified atom stereocenters. The Hall–Kier alpha value is -1.42. The minimum Gasteiger partial charge on any atom is -0.456 e. The van der Waals surface area contributed by atoms with E-state index >= 15 is 0 Å².